The van der Waals surface area contributed by atoms with Crippen molar-refractivity contribution < 1.29 is 9.53 Å². The lowest BCUT2D eigenvalue weighted by atomic mass is 10.2. The van der Waals surface area contributed by atoms with Crippen LogP contribution in [0, 0.1) is 0 Å². The van der Waals surface area contributed by atoms with Gasteiger partial charge in [0.05, 0.1) is 12.4 Å². The molecular formula is C18H17N3O2S2. The third-order valence-electron chi connectivity index (χ3n) is 3.22. The zero-order valence-corrected chi connectivity index (χ0v) is 15.3. The Hall–Kier alpha value is -2.38. The molecule has 25 heavy (non-hydrogen) atoms. The molecule has 0 saturated heterocycles. The van der Waals surface area contributed by atoms with Crippen LogP contribution >= 0.6 is 23.1 Å². The topological polar surface area (TPSA) is 64.1 Å². The third kappa shape index (κ3) is 5.04. The number of nitrogens with one attached hydrogen (secondary N) is 1. The number of rotatable bonds is 7. The Morgan fingerprint density at radius 2 is 1.88 bits per heavy atom. The number of carbonyl (C=O) groups excluding carboxylic acids is 1. The molecule has 0 radical (unpaired) electrons. The van der Waals surface area contributed by atoms with E-state index in [1.807, 2.05) is 25.1 Å². The second kappa shape index (κ2) is 8.64. The van der Waals surface area contributed by atoms with Crippen molar-refractivity contribution in [2.75, 3.05) is 11.9 Å². The molecule has 0 atom stereocenters. The lowest BCUT2D eigenvalue weighted by molar-refractivity contribution is 0.102. The van der Waals surface area contributed by atoms with Crippen LogP contribution in [0.25, 0.3) is 0 Å². The molecule has 0 spiro atoms. The summed E-state index contributed by atoms with van der Waals surface area (Å²) in [5, 5.41) is 12.3. The van der Waals surface area contributed by atoms with Crippen LogP contribution in [-0.4, -0.2) is 22.7 Å². The van der Waals surface area contributed by atoms with Crippen LogP contribution in [0.15, 0.2) is 59.5 Å². The van der Waals surface area contributed by atoms with Gasteiger partial charge in [0.25, 0.3) is 5.91 Å². The number of carbonyl (C=O) groups is 1. The average Bonchev–Trinajstić information content (AvgIpc) is 3.09. The number of hydrogen-bond donors (Lipinski definition) is 1. The summed E-state index contributed by atoms with van der Waals surface area (Å²) in [5.74, 6) is 1.26. The molecule has 0 bridgehead atoms. The molecule has 128 valence electrons. The van der Waals surface area contributed by atoms with E-state index in [9.17, 15) is 4.79 Å². The lowest BCUT2D eigenvalue weighted by Crippen LogP contribution is -2.11. The summed E-state index contributed by atoms with van der Waals surface area (Å²) in [6.07, 6.45) is 0. The molecular weight excluding hydrogens is 354 g/mol. The van der Waals surface area contributed by atoms with Crippen molar-refractivity contribution in [1.29, 1.82) is 0 Å². The molecule has 1 amide bonds. The van der Waals surface area contributed by atoms with Gasteiger partial charge in [-0.2, -0.15) is 0 Å². The predicted octanol–water partition coefficient (Wildman–Crippen LogP) is 4.48. The molecule has 0 aliphatic carbocycles. The number of anilines is 1. The second-order valence-corrected chi connectivity index (χ2v) is 7.13. The van der Waals surface area contributed by atoms with Crippen molar-refractivity contribution in [3.8, 4) is 5.75 Å². The zero-order valence-electron chi connectivity index (χ0n) is 13.6. The van der Waals surface area contributed by atoms with E-state index in [1.165, 1.54) is 16.2 Å². The summed E-state index contributed by atoms with van der Waals surface area (Å²) in [6.45, 7) is 2.52. The first kappa shape index (κ1) is 17.4. The van der Waals surface area contributed by atoms with E-state index < -0.39 is 0 Å². The molecule has 1 aromatic heterocycles. The van der Waals surface area contributed by atoms with Crippen LogP contribution in [0.5, 0.6) is 5.75 Å². The summed E-state index contributed by atoms with van der Waals surface area (Å²) < 4.78 is 5.37. The summed E-state index contributed by atoms with van der Waals surface area (Å²) in [6, 6.07) is 17.1. The fraction of sp³-hybridized carbons (Fsp3) is 0.167. The number of amides is 1. The van der Waals surface area contributed by atoms with Crippen molar-refractivity contribution in [3.05, 3.63) is 65.2 Å². The Bertz CT molecular complexity index is 820. The monoisotopic (exact) mass is 371 g/mol. The van der Waals surface area contributed by atoms with Gasteiger partial charge < -0.3 is 4.74 Å². The van der Waals surface area contributed by atoms with E-state index in [1.54, 1.807) is 36.0 Å². The summed E-state index contributed by atoms with van der Waals surface area (Å²) in [5.41, 5.74) is 0.555. The van der Waals surface area contributed by atoms with Crippen LogP contribution in [0.1, 0.15) is 22.3 Å². The highest BCUT2D eigenvalue weighted by Crippen LogP contribution is 2.26. The average molecular weight is 371 g/mol. The lowest BCUT2D eigenvalue weighted by Gasteiger charge is -2.04. The molecule has 3 aromatic rings. The minimum atomic E-state index is -0.207. The third-order valence-corrected chi connectivity index (χ3v) is 5.27. The number of hydrogen-bond acceptors (Lipinski definition) is 6. The largest absolute Gasteiger partial charge is 0.494 e. The van der Waals surface area contributed by atoms with Gasteiger partial charge in [0.1, 0.15) is 10.8 Å². The minimum Gasteiger partial charge on any atom is -0.494 e. The SMILES string of the molecule is CCOc1ccc(C(=O)Nc2nnc(CSc3ccccc3)s2)cc1. The molecule has 0 fully saturated rings. The van der Waals surface area contributed by atoms with Crippen LogP contribution in [0.4, 0.5) is 5.13 Å². The van der Waals surface area contributed by atoms with Gasteiger partial charge in [-0.3, -0.25) is 10.1 Å². The van der Waals surface area contributed by atoms with Gasteiger partial charge in [0, 0.05) is 10.5 Å². The molecule has 5 nitrogen and oxygen atoms in total. The Morgan fingerprint density at radius 3 is 2.60 bits per heavy atom. The first-order chi connectivity index (χ1) is 12.2. The summed E-state index contributed by atoms with van der Waals surface area (Å²) >= 11 is 3.08. The molecule has 0 saturated carbocycles. The molecule has 0 aliphatic rings. The number of thioether (sulfide) groups is 1. The van der Waals surface area contributed by atoms with Gasteiger partial charge in [0.15, 0.2) is 0 Å². The molecule has 1 heterocycles. The maximum Gasteiger partial charge on any atom is 0.257 e. The number of aromatic nitrogens is 2. The number of ether oxygens (including phenoxy) is 1. The van der Waals surface area contributed by atoms with Crippen LogP contribution in [-0.2, 0) is 5.75 Å². The van der Waals surface area contributed by atoms with Gasteiger partial charge in [-0.25, -0.2) is 0 Å². The van der Waals surface area contributed by atoms with Gasteiger partial charge >= 0.3 is 0 Å². The van der Waals surface area contributed by atoms with Gasteiger partial charge in [-0.15, -0.1) is 22.0 Å². The fourth-order valence-corrected chi connectivity index (χ4v) is 3.70. The first-order valence-corrected chi connectivity index (χ1v) is 9.59. The zero-order chi connectivity index (χ0) is 17.5. The maximum atomic E-state index is 12.3. The summed E-state index contributed by atoms with van der Waals surface area (Å²) in [4.78, 5) is 13.4. The van der Waals surface area contributed by atoms with Gasteiger partial charge in [0.2, 0.25) is 5.13 Å². The Balaban J connectivity index is 1.56. The van der Waals surface area contributed by atoms with Crippen molar-refractivity contribution in [2.24, 2.45) is 0 Å². The summed E-state index contributed by atoms with van der Waals surface area (Å²) in [7, 11) is 0. The highest BCUT2D eigenvalue weighted by atomic mass is 32.2. The normalized spacial score (nSPS) is 10.4. The van der Waals surface area contributed by atoms with Crippen LogP contribution in [0.2, 0.25) is 0 Å². The van der Waals surface area contributed by atoms with E-state index in [2.05, 4.69) is 27.6 Å². The van der Waals surface area contributed by atoms with Crippen molar-refractivity contribution in [2.45, 2.75) is 17.6 Å². The van der Waals surface area contributed by atoms with Crippen molar-refractivity contribution >= 4 is 34.1 Å². The van der Waals surface area contributed by atoms with Gasteiger partial charge in [-0.05, 0) is 43.3 Å². The molecule has 7 heteroatoms. The van der Waals surface area contributed by atoms with E-state index >= 15 is 0 Å². The molecule has 2 aromatic carbocycles. The number of benzene rings is 2. The van der Waals surface area contributed by atoms with E-state index in [0.29, 0.717) is 17.3 Å². The molecule has 0 aliphatic heterocycles. The first-order valence-electron chi connectivity index (χ1n) is 7.79. The fourth-order valence-electron chi connectivity index (χ4n) is 2.06. The molecule has 1 N–H and O–H groups in total. The van der Waals surface area contributed by atoms with Crippen LogP contribution < -0.4 is 10.1 Å². The Morgan fingerprint density at radius 1 is 1.12 bits per heavy atom. The standard InChI is InChI=1S/C18H17N3O2S2/c1-2-23-14-10-8-13(9-11-14)17(22)19-18-21-20-16(25-18)12-24-15-6-4-3-5-7-15/h3-11H,2,12H2,1H3,(H,19,21,22). The van der Waals surface area contributed by atoms with Gasteiger partial charge in [-0.1, -0.05) is 29.5 Å². The van der Waals surface area contributed by atoms with E-state index in [4.69, 9.17) is 4.74 Å². The highest BCUT2D eigenvalue weighted by Gasteiger charge is 2.10. The van der Waals surface area contributed by atoms with Crippen molar-refractivity contribution in [1.82, 2.24) is 10.2 Å². The van der Waals surface area contributed by atoms with Crippen LogP contribution in [0.3, 0.4) is 0 Å². The smallest absolute Gasteiger partial charge is 0.257 e. The second-order valence-electron chi connectivity index (χ2n) is 5.01. The quantitative estimate of drug-likeness (QED) is 0.620. The predicted molar refractivity (Wildman–Crippen MR) is 101 cm³/mol. The Labute approximate surface area is 154 Å². The van der Waals surface area contributed by atoms with E-state index in [0.717, 1.165) is 16.5 Å². The number of nitrogens with zero attached hydrogens (tertiary/aromatic N) is 2. The van der Waals surface area contributed by atoms with E-state index in [-0.39, 0.29) is 5.91 Å². The molecule has 3 rings (SSSR count). The Kier molecular flexibility index (Phi) is 6.03. The maximum absolute atomic E-state index is 12.3. The highest BCUT2D eigenvalue weighted by molar-refractivity contribution is 7.98. The molecule has 0 unspecified atom stereocenters. The minimum absolute atomic E-state index is 0.207. The van der Waals surface area contributed by atoms with Crippen molar-refractivity contribution in [3.63, 3.8) is 0 Å².